The van der Waals surface area contributed by atoms with Crippen molar-refractivity contribution < 1.29 is 4.79 Å². The van der Waals surface area contributed by atoms with E-state index in [4.69, 9.17) is 0 Å². The largest absolute Gasteiger partial charge is 0.368 e. The molecule has 0 N–H and O–H groups in total. The number of nitriles is 1. The number of piperidine rings is 1. The molecule has 2 fully saturated rings. The fraction of sp³-hybridized carbons (Fsp3) is 0.524. The van der Waals surface area contributed by atoms with Crippen molar-refractivity contribution in [1.82, 2.24) is 19.7 Å². The third kappa shape index (κ3) is 3.24. The van der Waals surface area contributed by atoms with Gasteiger partial charge in [-0.3, -0.25) is 9.78 Å². The predicted molar refractivity (Wildman–Crippen MR) is 106 cm³/mol. The highest BCUT2D eigenvalue weighted by molar-refractivity contribution is 5.81. The van der Waals surface area contributed by atoms with Gasteiger partial charge < -0.3 is 9.80 Å². The lowest BCUT2D eigenvalue weighted by molar-refractivity contribution is -0.138. The molecule has 0 radical (unpaired) electrons. The van der Waals surface area contributed by atoms with Crippen LogP contribution in [0.3, 0.4) is 0 Å². The Morgan fingerprint density at radius 2 is 2.04 bits per heavy atom. The van der Waals surface area contributed by atoms with Gasteiger partial charge in [0.1, 0.15) is 5.54 Å². The number of rotatable bonds is 3. The minimum Gasteiger partial charge on any atom is -0.368 e. The topological polar surface area (TPSA) is 78.1 Å². The molecule has 28 heavy (non-hydrogen) atoms. The molecule has 0 aliphatic carbocycles. The van der Waals surface area contributed by atoms with Gasteiger partial charge in [0.15, 0.2) is 0 Å². The van der Waals surface area contributed by atoms with Crippen molar-refractivity contribution in [3.63, 3.8) is 0 Å². The Kier molecular flexibility index (Phi) is 4.80. The number of pyridine rings is 1. The standard InChI is InChI=1S/C21H26N6O/c1-16-12-24-27(14-16)18-4-8-23-13-19(18)25-10-5-17(6-11-25)20(28)26-9-3-7-21(26,2)15-22/h4,8,12-14,17H,3,5-7,9-11H2,1-2H3/t21-/m1/s1. The molecule has 0 bridgehead atoms. The van der Waals surface area contributed by atoms with E-state index in [-0.39, 0.29) is 11.8 Å². The third-order valence-electron chi connectivity index (χ3n) is 6.07. The average molecular weight is 378 g/mol. The van der Waals surface area contributed by atoms with Crippen LogP contribution in [0.25, 0.3) is 5.69 Å². The van der Waals surface area contributed by atoms with Crippen LogP contribution in [-0.4, -0.2) is 50.7 Å². The van der Waals surface area contributed by atoms with Crippen molar-refractivity contribution in [2.24, 2.45) is 5.92 Å². The number of carbonyl (C=O) groups is 1. The molecule has 0 aromatic carbocycles. The number of aryl methyl sites for hydroxylation is 1. The summed E-state index contributed by atoms with van der Waals surface area (Å²) >= 11 is 0. The van der Waals surface area contributed by atoms with Crippen LogP contribution in [0.2, 0.25) is 0 Å². The van der Waals surface area contributed by atoms with Crippen molar-refractivity contribution in [2.45, 2.75) is 45.1 Å². The number of hydrogen-bond acceptors (Lipinski definition) is 5. The molecule has 1 atom stereocenters. The molecular weight excluding hydrogens is 352 g/mol. The Morgan fingerprint density at radius 3 is 2.71 bits per heavy atom. The number of carbonyl (C=O) groups excluding carboxylic acids is 1. The summed E-state index contributed by atoms with van der Waals surface area (Å²) in [6.07, 6.45) is 10.8. The van der Waals surface area contributed by atoms with Crippen molar-refractivity contribution >= 4 is 11.6 Å². The Balaban J connectivity index is 1.47. The zero-order valence-electron chi connectivity index (χ0n) is 16.5. The molecule has 2 aromatic rings. The lowest BCUT2D eigenvalue weighted by atomic mass is 9.92. The minimum atomic E-state index is -0.636. The number of amides is 1. The van der Waals surface area contributed by atoms with Crippen LogP contribution in [0.5, 0.6) is 0 Å². The molecule has 146 valence electrons. The normalized spacial score (nSPS) is 23.0. The maximum absolute atomic E-state index is 13.0. The van der Waals surface area contributed by atoms with Crippen molar-refractivity contribution in [2.75, 3.05) is 24.5 Å². The smallest absolute Gasteiger partial charge is 0.227 e. The van der Waals surface area contributed by atoms with Crippen LogP contribution in [0.15, 0.2) is 30.9 Å². The number of aromatic nitrogens is 3. The van der Waals surface area contributed by atoms with Gasteiger partial charge in [0.05, 0.1) is 29.8 Å². The van der Waals surface area contributed by atoms with Crippen LogP contribution in [0, 0.1) is 24.2 Å². The summed E-state index contributed by atoms with van der Waals surface area (Å²) < 4.78 is 1.88. The predicted octanol–water partition coefficient (Wildman–Crippen LogP) is 2.70. The highest BCUT2D eigenvalue weighted by atomic mass is 16.2. The molecule has 2 aliphatic rings. The molecule has 1 amide bonds. The quantitative estimate of drug-likeness (QED) is 0.821. The Hall–Kier alpha value is -2.88. The van der Waals surface area contributed by atoms with E-state index < -0.39 is 5.54 Å². The number of anilines is 1. The Bertz CT molecular complexity index is 908. The molecule has 4 heterocycles. The fourth-order valence-electron chi connectivity index (χ4n) is 4.38. The van der Waals surface area contributed by atoms with Crippen molar-refractivity contribution in [3.8, 4) is 11.8 Å². The zero-order valence-corrected chi connectivity index (χ0v) is 16.5. The Morgan fingerprint density at radius 1 is 1.25 bits per heavy atom. The summed E-state index contributed by atoms with van der Waals surface area (Å²) in [7, 11) is 0. The van der Waals surface area contributed by atoms with Gasteiger partial charge in [-0.05, 0) is 51.2 Å². The van der Waals surface area contributed by atoms with Crippen molar-refractivity contribution in [1.29, 1.82) is 5.26 Å². The molecular formula is C21H26N6O. The maximum Gasteiger partial charge on any atom is 0.227 e. The Labute approximate surface area is 165 Å². The van der Waals surface area contributed by atoms with Crippen LogP contribution in [0.4, 0.5) is 5.69 Å². The molecule has 0 saturated carbocycles. The third-order valence-corrected chi connectivity index (χ3v) is 6.07. The summed E-state index contributed by atoms with van der Waals surface area (Å²) in [6.45, 7) is 6.21. The highest BCUT2D eigenvalue weighted by Gasteiger charge is 2.42. The van der Waals surface area contributed by atoms with E-state index in [0.29, 0.717) is 6.54 Å². The van der Waals surface area contributed by atoms with Crippen LogP contribution in [0.1, 0.15) is 38.2 Å². The van der Waals surface area contributed by atoms with Crippen LogP contribution in [-0.2, 0) is 4.79 Å². The number of likely N-dealkylation sites (tertiary alicyclic amines) is 1. The molecule has 0 unspecified atom stereocenters. The summed E-state index contributed by atoms with van der Waals surface area (Å²) in [5.41, 5.74) is 2.52. The molecule has 2 aromatic heterocycles. The van der Waals surface area contributed by atoms with Crippen molar-refractivity contribution in [3.05, 3.63) is 36.4 Å². The first kappa shape index (κ1) is 18.5. The van der Waals surface area contributed by atoms with E-state index in [1.807, 2.05) is 48.1 Å². The van der Waals surface area contributed by atoms with Gasteiger partial charge in [-0.15, -0.1) is 0 Å². The molecule has 0 spiro atoms. The van der Waals surface area contributed by atoms with E-state index in [1.54, 1.807) is 6.20 Å². The second-order valence-corrected chi connectivity index (χ2v) is 8.07. The van der Waals surface area contributed by atoms with E-state index >= 15 is 0 Å². The van der Waals surface area contributed by atoms with Gasteiger partial charge in [-0.25, -0.2) is 4.68 Å². The van der Waals surface area contributed by atoms with Gasteiger partial charge in [-0.1, -0.05) is 0 Å². The van der Waals surface area contributed by atoms with E-state index in [1.165, 1.54) is 0 Å². The number of hydrogen-bond donors (Lipinski definition) is 0. The molecule has 2 aliphatic heterocycles. The van der Waals surface area contributed by atoms with E-state index in [9.17, 15) is 10.1 Å². The van der Waals surface area contributed by atoms with Gasteiger partial charge in [0.2, 0.25) is 5.91 Å². The van der Waals surface area contributed by atoms with E-state index in [0.717, 1.165) is 55.7 Å². The minimum absolute atomic E-state index is 0.00547. The van der Waals surface area contributed by atoms with Gasteiger partial charge >= 0.3 is 0 Å². The van der Waals surface area contributed by atoms with Crippen LogP contribution < -0.4 is 4.90 Å². The van der Waals surface area contributed by atoms with Crippen LogP contribution >= 0.6 is 0 Å². The summed E-state index contributed by atoms with van der Waals surface area (Å²) in [6, 6.07) is 4.32. The molecule has 7 heteroatoms. The second-order valence-electron chi connectivity index (χ2n) is 8.07. The maximum atomic E-state index is 13.0. The highest BCUT2D eigenvalue weighted by Crippen LogP contribution is 2.33. The second kappa shape index (κ2) is 7.27. The molecule has 4 rings (SSSR count). The van der Waals surface area contributed by atoms with Gasteiger partial charge in [-0.2, -0.15) is 10.4 Å². The first-order valence-electron chi connectivity index (χ1n) is 9.95. The lowest BCUT2D eigenvalue weighted by Gasteiger charge is -2.37. The number of nitrogens with zero attached hydrogens (tertiary/aromatic N) is 6. The zero-order chi connectivity index (χ0) is 19.7. The monoisotopic (exact) mass is 378 g/mol. The van der Waals surface area contributed by atoms with Gasteiger partial charge in [0, 0.05) is 37.9 Å². The molecule has 7 nitrogen and oxygen atoms in total. The van der Waals surface area contributed by atoms with E-state index in [2.05, 4.69) is 21.1 Å². The first-order chi connectivity index (χ1) is 13.5. The fourth-order valence-corrected chi connectivity index (χ4v) is 4.38. The lowest BCUT2D eigenvalue weighted by Crippen LogP contribution is -2.49. The SMILES string of the molecule is Cc1cnn(-c2ccncc2N2CCC(C(=O)N3CCC[C@]3(C)C#N)CC2)c1. The molecule has 2 saturated heterocycles. The first-order valence-corrected chi connectivity index (χ1v) is 9.95. The summed E-state index contributed by atoms with van der Waals surface area (Å²) in [5, 5.41) is 13.9. The summed E-state index contributed by atoms with van der Waals surface area (Å²) in [4.78, 5) is 21.4. The summed E-state index contributed by atoms with van der Waals surface area (Å²) in [5.74, 6) is 0.143. The average Bonchev–Trinajstić information content (AvgIpc) is 3.34. The van der Waals surface area contributed by atoms with Gasteiger partial charge in [0.25, 0.3) is 0 Å².